The van der Waals surface area contributed by atoms with Gasteiger partial charge in [-0.05, 0) is 43.2 Å². The normalized spacial score (nSPS) is 10.2. The first-order valence-electron chi connectivity index (χ1n) is 6.74. The summed E-state index contributed by atoms with van der Waals surface area (Å²) >= 11 is 0. The Balaban J connectivity index is 1.90. The first kappa shape index (κ1) is 14.8. The van der Waals surface area contributed by atoms with Crippen LogP contribution in [0, 0.1) is 24.0 Å². The lowest BCUT2D eigenvalue weighted by atomic mass is 10.2. The van der Waals surface area contributed by atoms with Gasteiger partial charge < -0.3 is 10.1 Å². The van der Waals surface area contributed by atoms with Crippen molar-refractivity contribution >= 4 is 11.4 Å². The van der Waals surface area contributed by atoms with Gasteiger partial charge in [0.05, 0.1) is 4.92 Å². The van der Waals surface area contributed by atoms with Gasteiger partial charge in [-0.1, -0.05) is 18.2 Å². The summed E-state index contributed by atoms with van der Waals surface area (Å²) in [5, 5.41) is 14.0. The van der Waals surface area contributed by atoms with Gasteiger partial charge in [0, 0.05) is 12.6 Å². The third-order valence-corrected chi connectivity index (χ3v) is 3.03. The van der Waals surface area contributed by atoms with Crippen LogP contribution >= 0.6 is 0 Å². The molecule has 0 saturated carbocycles. The van der Waals surface area contributed by atoms with Crippen LogP contribution < -0.4 is 10.1 Å². The topological polar surface area (TPSA) is 64.4 Å². The highest BCUT2D eigenvalue weighted by molar-refractivity contribution is 5.62. The van der Waals surface area contributed by atoms with Gasteiger partial charge in [0.15, 0.2) is 0 Å². The van der Waals surface area contributed by atoms with Crippen molar-refractivity contribution in [2.24, 2.45) is 0 Å². The van der Waals surface area contributed by atoms with Crippen molar-refractivity contribution in [2.45, 2.75) is 13.8 Å². The Kier molecular flexibility index (Phi) is 4.77. The van der Waals surface area contributed by atoms with E-state index in [4.69, 9.17) is 4.74 Å². The van der Waals surface area contributed by atoms with Crippen LogP contribution in [-0.2, 0) is 0 Å². The monoisotopic (exact) mass is 286 g/mol. The number of hydrogen-bond donors (Lipinski definition) is 1. The lowest BCUT2D eigenvalue weighted by molar-refractivity contribution is -0.384. The van der Waals surface area contributed by atoms with Gasteiger partial charge in [-0.25, -0.2) is 0 Å². The Hall–Kier alpha value is -2.56. The molecule has 0 aromatic heterocycles. The second-order valence-corrected chi connectivity index (χ2v) is 4.87. The molecule has 0 aliphatic carbocycles. The van der Waals surface area contributed by atoms with E-state index in [0.29, 0.717) is 18.8 Å². The van der Waals surface area contributed by atoms with Crippen molar-refractivity contribution in [1.29, 1.82) is 0 Å². The lowest BCUT2D eigenvalue weighted by Crippen LogP contribution is -2.12. The van der Waals surface area contributed by atoms with Gasteiger partial charge in [0.25, 0.3) is 5.69 Å². The Morgan fingerprint density at radius 3 is 2.62 bits per heavy atom. The molecule has 0 atom stereocenters. The number of anilines is 1. The third kappa shape index (κ3) is 4.21. The standard InChI is InChI=1S/C16H18N2O3/c1-12-4-3-5-14(10-12)21-9-8-17-15-7-6-13(2)11-16(15)18(19)20/h3-7,10-11,17H,8-9H2,1-2H3. The highest BCUT2D eigenvalue weighted by atomic mass is 16.6. The van der Waals surface area contributed by atoms with Crippen LogP contribution in [0.1, 0.15) is 11.1 Å². The average Bonchev–Trinajstić information content (AvgIpc) is 2.44. The second kappa shape index (κ2) is 6.74. The van der Waals surface area contributed by atoms with Crippen LogP contribution in [0.4, 0.5) is 11.4 Å². The fourth-order valence-electron chi connectivity index (χ4n) is 2.00. The Morgan fingerprint density at radius 1 is 1.14 bits per heavy atom. The number of nitro groups is 1. The lowest BCUT2D eigenvalue weighted by Gasteiger charge is -2.09. The molecule has 5 nitrogen and oxygen atoms in total. The summed E-state index contributed by atoms with van der Waals surface area (Å²) in [5.41, 5.74) is 2.60. The fraction of sp³-hybridized carbons (Fsp3) is 0.250. The first-order chi connectivity index (χ1) is 10.1. The van der Waals surface area contributed by atoms with E-state index in [9.17, 15) is 10.1 Å². The minimum Gasteiger partial charge on any atom is -0.492 e. The van der Waals surface area contributed by atoms with E-state index in [1.54, 1.807) is 12.1 Å². The van der Waals surface area contributed by atoms with E-state index >= 15 is 0 Å². The maximum absolute atomic E-state index is 11.0. The molecular weight excluding hydrogens is 268 g/mol. The summed E-state index contributed by atoms with van der Waals surface area (Å²) in [6.07, 6.45) is 0. The van der Waals surface area contributed by atoms with Crippen LogP contribution in [0.5, 0.6) is 5.75 Å². The maximum Gasteiger partial charge on any atom is 0.292 e. The molecule has 2 rings (SSSR count). The highest BCUT2D eigenvalue weighted by Crippen LogP contribution is 2.25. The molecule has 0 radical (unpaired) electrons. The largest absolute Gasteiger partial charge is 0.492 e. The summed E-state index contributed by atoms with van der Waals surface area (Å²) in [4.78, 5) is 10.6. The zero-order valence-corrected chi connectivity index (χ0v) is 12.1. The van der Waals surface area contributed by atoms with Crippen molar-refractivity contribution in [3.05, 3.63) is 63.7 Å². The molecule has 1 N–H and O–H groups in total. The molecule has 0 aliphatic heterocycles. The van der Waals surface area contributed by atoms with Crippen LogP contribution in [0.15, 0.2) is 42.5 Å². The Bertz CT molecular complexity index is 641. The number of nitrogens with zero attached hydrogens (tertiary/aromatic N) is 1. The molecule has 0 unspecified atom stereocenters. The average molecular weight is 286 g/mol. The van der Waals surface area contributed by atoms with E-state index < -0.39 is 0 Å². The fourth-order valence-corrected chi connectivity index (χ4v) is 2.00. The van der Waals surface area contributed by atoms with Crippen molar-refractivity contribution in [1.82, 2.24) is 0 Å². The van der Waals surface area contributed by atoms with E-state index in [1.807, 2.05) is 44.2 Å². The molecule has 0 amide bonds. The Morgan fingerprint density at radius 2 is 1.90 bits per heavy atom. The number of aryl methyl sites for hydroxylation is 2. The van der Waals surface area contributed by atoms with Gasteiger partial charge in [0.1, 0.15) is 18.0 Å². The summed E-state index contributed by atoms with van der Waals surface area (Å²) in [6.45, 7) is 4.77. The first-order valence-corrected chi connectivity index (χ1v) is 6.74. The van der Waals surface area contributed by atoms with Gasteiger partial charge in [0.2, 0.25) is 0 Å². The second-order valence-electron chi connectivity index (χ2n) is 4.87. The number of ether oxygens (including phenoxy) is 1. The maximum atomic E-state index is 11.0. The molecule has 0 aliphatic rings. The van der Waals surface area contributed by atoms with Crippen LogP contribution in [0.3, 0.4) is 0 Å². The van der Waals surface area contributed by atoms with Crippen molar-refractivity contribution in [3.8, 4) is 5.75 Å². The van der Waals surface area contributed by atoms with Crippen LogP contribution in [-0.4, -0.2) is 18.1 Å². The molecule has 0 saturated heterocycles. The van der Waals surface area contributed by atoms with E-state index in [1.165, 1.54) is 0 Å². The predicted molar refractivity (Wildman–Crippen MR) is 83.0 cm³/mol. The van der Waals surface area contributed by atoms with E-state index in [0.717, 1.165) is 16.9 Å². The van der Waals surface area contributed by atoms with E-state index in [2.05, 4.69) is 5.32 Å². The molecule has 0 heterocycles. The van der Waals surface area contributed by atoms with Crippen molar-refractivity contribution < 1.29 is 9.66 Å². The highest BCUT2D eigenvalue weighted by Gasteiger charge is 2.12. The molecular formula is C16H18N2O3. The number of benzene rings is 2. The summed E-state index contributed by atoms with van der Waals surface area (Å²) in [6, 6.07) is 12.9. The van der Waals surface area contributed by atoms with Crippen molar-refractivity contribution in [3.63, 3.8) is 0 Å². The van der Waals surface area contributed by atoms with E-state index in [-0.39, 0.29) is 10.6 Å². The molecule has 21 heavy (non-hydrogen) atoms. The molecule has 5 heteroatoms. The van der Waals surface area contributed by atoms with Gasteiger partial charge in [-0.15, -0.1) is 0 Å². The molecule has 2 aromatic carbocycles. The minimum absolute atomic E-state index is 0.0885. The zero-order valence-electron chi connectivity index (χ0n) is 12.1. The number of rotatable bonds is 6. The molecule has 0 bridgehead atoms. The van der Waals surface area contributed by atoms with Gasteiger partial charge in [-0.2, -0.15) is 0 Å². The van der Waals surface area contributed by atoms with Crippen LogP contribution in [0.25, 0.3) is 0 Å². The molecule has 110 valence electrons. The third-order valence-electron chi connectivity index (χ3n) is 3.03. The summed E-state index contributed by atoms with van der Waals surface area (Å²) in [5.74, 6) is 0.801. The smallest absolute Gasteiger partial charge is 0.292 e. The van der Waals surface area contributed by atoms with Crippen molar-refractivity contribution in [2.75, 3.05) is 18.5 Å². The molecule has 2 aromatic rings. The Labute approximate surface area is 123 Å². The summed E-state index contributed by atoms with van der Waals surface area (Å²) < 4.78 is 5.60. The zero-order chi connectivity index (χ0) is 15.2. The van der Waals surface area contributed by atoms with Crippen LogP contribution in [0.2, 0.25) is 0 Å². The molecule has 0 spiro atoms. The predicted octanol–water partition coefficient (Wildman–Crippen LogP) is 3.70. The van der Waals surface area contributed by atoms with Gasteiger partial charge >= 0.3 is 0 Å². The van der Waals surface area contributed by atoms with Gasteiger partial charge in [-0.3, -0.25) is 10.1 Å². The quantitative estimate of drug-likeness (QED) is 0.499. The minimum atomic E-state index is -0.378. The number of nitro benzene ring substituents is 1. The summed E-state index contributed by atoms with van der Waals surface area (Å²) in [7, 11) is 0. The molecule has 0 fully saturated rings. The number of nitrogens with one attached hydrogen (secondary N) is 1. The SMILES string of the molecule is Cc1cccc(OCCNc2ccc(C)cc2[N+](=O)[O-])c1. The number of hydrogen-bond acceptors (Lipinski definition) is 4.